The standard InChI is InChI=1S/C16H10F5N3S/c1-7-14(16(22)24(23-7)8-5-3-2-4-6-8)25-15-12(20)10(18)9(17)11(19)13(15)21/h2-6H,22H2,1H3. The minimum atomic E-state index is -2.20. The van der Waals surface area contributed by atoms with Crippen molar-refractivity contribution in [2.45, 2.75) is 16.7 Å². The van der Waals surface area contributed by atoms with E-state index in [9.17, 15) is 22.0 Å². The number of hydrogen-bond acceptors (Lipinski definition) is 3. The molecule has 0 aliphatic rings. The minimum Gasteiger partial charge on any atom is -0.383 e. The molecule has 3 nitrogen and oxygen atoms in total. The number of rotatable bonds is 3. The molecule has 0 fully saturated rings. The van der Waals surface area contributed by atoms with Gasteiger partial charge in [-0.05, 0) is 19.1 Å². The lowest BCUT2D eigenvalue weighted by Gasteiger charge is -2.08. The second-order valence-electron chi connectivity index (χ2n) is 5.05. The molecule has 3 rings (SSSR count). The summed E-state index contributed by atoms with van der Waals surface area (Å²) in [6.07, 6.45) is 0. The topological polar surface area (TPSA) is 43.8 Å². The van der Waals surface area contributed by atoms with Crippen LogP contribution in [0.25, 0.3) is 5.69 Å². The van der Waals surface area contributed by atoms with E-state index in [1.54, 1.807) is 30.3 Å². The summed E-state index contributed by atoms with van der Waals surface area (Å²) in [5, 5.41) is 4.16. The van der Waals surface area contributed by atoms with Crippen molar-refractivity contribution in [2.75, 3.05) is 5.73 Å². The van der Waals surface area contributed by atoms with Crippen LogP contribution in [0, 0.1) is 36.0 Å². The molecule has 0 saturated heterocycles. The fraction of sp³-hybridized carbons (Fsp3) is 0.0625. The molecule has 0 radical (unpaired) electrons. The van der Waals surface area contributed by atoms with E-state index in [0.717, 1.165) is 0 Å². The highest BCUT2D eigenvalue weighted by molar-refractivity contribution is 7.99. The van der Waals surface area contributed by atoms with Crippen LogP contribution in [-0.2, 0) is 0 Å². The Labute approximate surface area is 143 Å². The van der Waals surface area contributed by atoms with Gasteiger partial charge in [0.25, 0.3) is 0 Å². The molecule has 0 spiro atoms. The summed E-state index contributed by atoms with van der Waals surface area (Å²) >= 11 is 0.342. The Morgan fingerprint density at radius 2 is 1.36 bits per heavy atom. The van der Waals surface area contributed by atoms with E-state index >= 15 is 0 Å². The monoisotopic (exact) mass is 371 g/mol. The molecule has 25 heavy (non-hydrogen) atoms. The van der Waals surface area contributed by atoms with E-state index in [4.69, 9.17) is 5.73 Å². The number of nitrogen functional groups attached to an aromatic ring is 1. The highest BCUT2D eigenvalue weighted by Crippen LogP contribution is 2.40. The largest absolute Gasteiger partial charge is 0.383 e. The molecule has 0 aliphatic heterocycles. The van der Waals surface area contributed by atoms with Crippen molar-refractivity contribution < 1.29 is 22.0 Å². The highest BCUT2D eigenvalue weighted by atomic mass is 32.2. The molecule has 0 atom stereocenters. The quantitative estimate of drug-likeness (QED) is 0.415. The third-order valence-electron chi connectivity index (χ3n) is 3.41. The van der Waals surface area contributed by atoms with Crippen LogP contribution < -0.4 is 5.73 Å². The van der Waals surface area contributed by atoms with Crippen LogP contribution >= 0.6 is 11.8 Å². The van der Waals surface area contributed by atoms with Crippen molar-refractivity contribution >= 4 is 17.6 Å². The zero-order valence-corrected chi connectivity index (χ0v) is 13.5. The molecule has 0 unspecified atom stereocenters. The van der Waals surface area contributed by atoms with Crippen LogP contribution in [0.1, 0.15) is 5.69 Å². The molecule has 130 valence electrons. The zero-order valence-electron chi connectivity index (χ0n) is 12.7. The first-order valence-corrected chi connectivity index (χ1v) is 7.74. The maximum atomic E-state index is 13.9. The lowest BCUT2D eigenvalue weighted by Crippen LogP contribution is -2.04. The van der Waals surface area contributed by atoms with Crippen LogP contribution in [0.3, 0.4) is 0 Å². The summed E-state index contributed by atoms with van der Waals surface area (Å²) in [4.78, 5) is -0.925. The Kier molecular flexibility index (Phi) is 4.42. The molecule has 9 heteroatoms. The number of aromatic nitrogens is 2. The summed E-state index contributed by atoms with van der Waals surface area (Å²) in [6, 6.07) is 8.66. The number of nitrogens with zero attached hydrogens (tertiary/aromatic N) is 2. The molecule has 2 N–H and O–H groups in total. The van der Waals surface area contributed by atoms with Crippen LogP contribution in [0.2, 0.25) is 0 Å². The second-order valence-corrected chi connectivity index (χ2v) is 6.07. The molecule has 1 aromatic heterocycles. The van der Waals surface area contributed by atoms with E-state index < -0.39 is 34.0 Å². The van der Waals surface area contributed by atoms with Gasteiger partial charge in [-0.25, -0.2) is 26.6 Å². The van der Waals surface area contributed by atoms with E-state index in [-0.39, 0.29) is 16.4 Å². The smallest absolute Gasteiger partial charge is 0.200 e. The van der Waals surface area contributed by atoms with E-state index in [1.807, 2.05) is 0 Å². The SMILES string of the molecule is Cc1nn(-c2ccccc2)c(N)c1Sc1c(F)c(F)c(F)c(F)c1F. The van der Waals surface area contributed by atoms with Gasteiger partial charge < -0.3 is 5.73 Å². The first-order chi connectivity index (χ1) is 11.8. The Hall–Kier alpha value is -2.55. The van der Waals surface area contributed by atoms with Gasteiger partial charge in [-0.3, -0.25) is 0 Å². The van der Waals surface area contributed by atoms with Crippen LogP contribution in [0.5, 0.6) is 0 Å². The molecule has 3 aromatic rings. The van der Waals surface area contributed by atoms with Gasteiger partial charge in [0.1, 0.15) is 5.82 Å². The predicted octanol–water partition coefficient (Wildman–Crippen LogP) is 4.61. The van der Waals surface area contributed by atoms with E-state index in [0.29, 0.717) is 17.4 Å². The highest BCUT2D eigenvalue weighted by Gasteiger charge is 2.28. The fourth-order valence-electron chi connectivity index (χ4n) is 2.20. The Morgan fingerprint density at radius 3 is 1.92 bits per heavy atom. The van der Waals surface area contributed by atoms with Gasteiger partial charge >= 0.3 is 0 Å². The number of aryl methyl sites for hydroxylation is 1. The van der Waals surface area contributed by atoms with Gasteiger partial charge in [0, 0.05) is 0 Å². The second kappa shape index (κ2) is 6.40. The Bertz CT molecular complexity index is 927. The van der Waals surface area contributed by atoms with Crippen molar-refractivity contribution in [2.24, 2.45) is 0 Å². The van der Waals surface area contributed by atoms with Gasteiger partial charge in [-0.1, -0.05) is 30.0 Å². The number of para-hydroxylation sites is 1. The molecule has 1 heterocycles. The average Bonchev–Trinajstić information content (AvgIpc) is 2.90. The Balaban J connectivity index is 2.11. The first-order valence-electron chi connectivity index (χ1n) is 6.92. The van der Waals surface area contributed by atoms with Gasteiger partial charge in [0.2, 0.25) is 5.82 Å². The molecular formula is C16H10F5N3S. The average molecular weight is 371 g/mol. The fourth-order valence-corrected chi connectivity index (χ4v) is 3.14. The van der Waals surface area contributed by atoms with Crippen molar-refractivity contribution in [3.05, 3.63) is 65.1 Å². The lowest BCUT2D eigenvalue weighted by molar-refractivity contribution is 0.361. The maximum absolute atomic E-state index is 13.9. The molecule has 0 bridgehead atoms. The summed E-state index contributed by atoms with van der Waals surface area (Å²) < 4.78 is 68.9. The third kappa shape index (κ3) is 2.84. The normalized spacial score (nSPS) is 11.1. The van der Waals surface area contributed by atoms with Crippen molar-refractivity contribution in [1.82, 2.24) is 9.78 Å². The molecule has 0 saturated carbocycles. The van der Waals surface area contributed by atoms with Crippen molar-refractivity contribution in [3.8, 4) is 5.69 Å². The van der Waals surface area contributed by atoms with Crippen molar-refractivity contribution in [3.63, 3.8) is 0 Å². The number of benzene rings is 2. The zero-order chi connectivity index (χ0) is 18.3. The summed E-state index contributed by atoms with van der Waals surface area (Å²) in [5.41, 5.74) is 6.84. The number of nitrogens with two attached hydrogens (primary N) is 1. The molecule has 0 aliphatic carbocycles. The van der Waals surface area contributed by atoms with Gasteiger partial charge in [-0.15, -0.1) is 0 Å². The van der Waals surface area contributed by atoms with Gasteiger partial charge in [0.15, 0.2) is 23.3 Å². The predicted molar refractivity (Wildman–Crippen MR) is 83.1 cm³/mol. The Morgan fingerprint density at radius 1 is 0.840 bits per heavy atom. The van der Waals surface area contributed by atoms with E-state index in [1.165, 1.54) is 11.6 Å². The lowest BCUT2D eigenvalue weighted by atomic mass is 10.3. The number of hydrogen-bond donors (Lipinski definition) is 1. The summed E-state index contributed by atoms with van der Waals surface area (Å²) in [5.74, 6) is -10.0. The van der Waals surface area contributed by atoms with Crippen LogP contribution in [0.15, 0.2) is 40.1 Å². The maximum Gasteiger partial charge on any atom is 0.200 e. The summed E-state index contributed by atoms with van der Waals surface area (Å²) in [7, 11) is 0. The number of anilines is 1. The minimum absolute atomic E-state index is 0.0256. The van der Waals surface area contributed by atoms with Crippen molar-refractivity contribution in [1.29, 1.82) is 0 Å². The molecular weight excluding hydrogens is 361 g/mol. The van der Waals surface area contributed by atoms with Crippen LogP contribution in [-0.4, -0.2) is 9.78 Å². The molecule has 2 aromatic carbocycles. The van der Waals surface area contributed by atoms with Crippen LogP contribution in [0.4, 0.5) is 27.8 Å². The summed E-state index contributed by atoms with van der Waals surface area (Å²) in [6.45, 7) is 1.52. The van der Waals surface area contributed by atoms with Gasteiger partial charge in [0.05, 0.1) is 21.2 Å². The first kappa shape index (κ1) is 17.3. The van der Waals surface area contributed by atoms with E-state index in [2.05, 4.69) is 5.10 Å². The van der Waals surface area contributed by atoms with Gasteiger partial charge in [-0.2, -0.15) is 5.10 Å². The third-order valence-corrected chi connectivity index (χ3v) is 4.69. The number of halogens is 5. The molecule has 0 amide bonds.